The van der Waals surface area contributed by atoms with Gasteiger partial charge in [-0.05, 0) is 25.7 Å². The van der Waals surface area contributed by atoms with E-state index >= 15 is 0 Å². The molecule has 0 saturated carbocycles. The fourth-order valence-electron chi connectivity index (χ4n) is 1.29. The Morgan fingerprint density at radius 2 is 2.33 bits per heavy atom. The Labute approximate surface area is 82.7 Å². The molecule has 1 aliphatic rings. The van der Waals surface area contributed by atoms with Crippen LogP contribution < -0.4 is 0 Å². The number of halogens is 1. The van der Waals surface area contributed by atoms with Crippen molar-refractivity contribution in [1.29, 1.82) is 0 Å². The first kappa shape index (κ1) is 10.5. The molecule has 1 saturated heterocycles. The normalized spacial score (nSPS) is 23.2. The lowest BCUT2D eigenvalue weighted by Crippen LogP contribution is -2.14. The van der Waals surface area contributed by atoms with E-state index in [0.29, 0.717) is 6.10 Å². The molecule has 1 fully saturated rings. The molecule has 1 unspecified atom stereocenters. The third-order valence-electron chi connectivity index (χ3n) is 2.00. The van der Waals surface area contributed by atoms with Crippen molar-refractivity contribution in [3.05, 3.63) is 0 Å². The maximum atomic E-state index is 5.47. The van der Waals surface area contributed by atoms with Gasteiger partial charge in [0, 0.05) is 18.5 Å². The maximum absolute atomic E-state index is 5.47. The van der Waals surface area contributed by atoms with Crippen molar-refractivity contribution in [3.8, 4) is 0 Å². The highest BCUT2D eigenvalue weighted by Crippen LogP contribution is 2.11. The predicted molar refractivity (Wildman–Crippen MR) is 52.8 cm³/mol. The van der Waals surface area contributed by atoms with Crippen LogP contribution in [0.2, 0.25) is 0 Å². The number of unbranched alkanes of at least 4 members (excludes halogenated alkanes) is 1. The van der Waals surface area contributed by atoms with Crippen LogP contribution in [0.4, 0.5) is 0 Å². The Hall–Kier alpha value is 0.400. The summed E-state index contributed by atoms with van der Waals surface area (Å²) >= 11 is 3.39. The van der Waals surface area contributed by atoms with E-state index in [9.17, 15) is 0 Å². The van der Waals surface area contributed by atoms with Crippen LogP contribution in [0.25, 0.3) is 0 Å². The molecule has 0 radical (unpaired) electrons. The van der Waals surface area contributed by atoms with E-state index in [4.69, 9.17) is 9.47 Å². The average Bonchev–Trinajstić information content (AvgIpc) is 2.57. The molecule has 3 heteroatoms. The first-order valence-electron chi connectivity index (χ1n) is 4.69. The average molecular weight is 237 g/mol. The smallest absolute Gasteiger partial charge is 0.0809 e. The van der Waals surface area contributed by atoms with E-state index in [2.05, 4.69) is 15.9 Å². The van der Waals surface area contributed by atoms with Gasteiger partial charge in [0.2, 0.25) is 0 Å². The van der Waals surface area contributed by atoms with E-state index in [1.807, 2.05) is 0 Å². The van der Waals surface area contributed by atoms with Crippen LogP contribution in [-0.4, -0.2) is 31.3 Å². The second-order valence-electron chi connectivity index (χ2n) is 3.11. The summed E-state index contributed by atoms with van der Waals surface area (Å²) in [6, 6.07) is 0. The van der Waals surface area contributed by atoms with Crippen molar-refractivity contribution >= 4 is 15.9 Å². The van der Waals surface area contributed by atoms with Gasteiger partial charge in [-0.25, -0.2) is 0 Å². The van der Waals surface area contributed by atoms with Crippen molar-refractivity contribution in [2.24, 2.45) is 0 Å². The van der Waals surface area contributed by atoms with Crippen molar-refractivity contribution in [1.82, 2.24) is 0 Å². The van der Waals surface area contributed by atoms with Crippen LogP contribution in [0.15, 0.2) is 0 Å². The second-order valence-corrected chi connectivity index (χ2v) is 3.90. The van der Waals surface area contributed by atoms with Crippen molar-refractivity contribution in [2.75, 3.05) is 25.2 Å². The van der Waals surface area contributed by atoms with Crippen LogP contribution in [0.5, 0.6) is 0 Å². The van der Waals surface area contributed by atoms with E-state index < -0.39 is 0 Å². The largest absolute Gasteiger partial charge is 0.379 e. The molecule has 0 aromatic rings. The molecule has 1 atom stereocenters. The molecular weight excluding hydrogens is 220 g/mol. The third-order valence-corrected chi connectivity index (χ3v) is 2.56. The van der Waals surface area contributed by atoms with Crippen molar-refractivity contribution in [2.45, 2.75) is 31.8 Å². The molecule has 2 nitrogen and oxygen atoms in total. The molecule has 0 spiro atoms. The highest BCUT2D eigenvalue weighted by Gasteiger charge is 2.14. The molecule has 0 bridgehead atoms. The summed E-state index contributed by atoms with van der Waals surface area (Å²) in [5.74, 6) is 0. The van der Waals surface area contributed by atoms with E-state index in [0.717, 1.165) is 31.6 Å². The zero-order valence-electron chi connectivity index (χ0n) is 7.43. The van der Waals surface area contributed by atoms with Gasteiger partial charge < -0.3 is 9.47 Å². The Kier molecular flexibility index (Phi) is 6.00. The minimum atomic E-state index is 0.383. The molecule has 0 aromatic carbocycles. The summed E-state index contributed by atoms with van der Waals surface area (Å²) < 4.78 is 10.9. The van der Waals surface area contributed by atoms with Gasteiger partial charge in [-0.2, -0.15) is 0 Å². The van der Waals surface area contributed by atoms with Gasteiger partial charge in [0.05, 0.1) is 12.7 Å². The van der Waals surface area contributed by atoms with Crippen LogP contribution >= 0.6 is 15.9 Å². The van der Waals surface area contributed by atoms with Crippen LogP contribution in [-0.2, 0) is 9.47 Å². The first-order valence-corrected chi connectivity index (χ1v) is 5.81. The molecule has 0 N–H and O–H groups in total. The van der Waals surface area contributed by atoms with Gasteiger partial charge in [0.15, 0.2) is 0 Å². The lowest BCUT2D eigenvalue weighted by Gasteiger charge is -2.09. The number of ether oxygens (including phenoxy) is 2. The van der Waals surface area contributed by atoms with Gasteiger partial charge in [-0.1, -0.05) is 15.9 Å². The minimum absolute atomic E-state index is 0.383. The van der Waals surface area contributed by atoms with Gasteiger partial charge in [0.25, 0.3) is 0 Å². The van der Waals surface area contributed by atoms with Gasteiger partial charge in [-0.15, -0.1) is 0 Å². The molecule has 12 heavy (non-hydrogen) atoms. The van der Waals surface area contributed by atoms with Crippen LogP contribution in [0.1, 0.15) is 25.7 Å². The minimum Gasteiger partial charge on any atom is -0.379 e. The third kappa shape index (κ3) is 4.43. The highest BCUT2D eigenvalue weighted by atomic mass is 79.9. The Balaban J connectivity index is 1.81. The summed E-state index contributed by atoms with van der Waals surface area (Å²) in [7, 11) is 0. The fourth-order valence-corrected chi connectivity index (χ4v) is 1.69. The summed E-state index contributed by atoms with van der Waals surface area (Å²) in [5, 5.41) is 1.08. The Morgan fingerprint density at radius 3 is 3.00 bits per heavy atom. The summed E-state index contributed by atoms with van der Waals surface area (Å²) in [5.41, 5.74) is 0. The Bertz CT molecular complexity index is 103. The van der Waals surface area contributed by atoms with Crippen molar-refractivity contribution in [3.63, 3.8) is 0 Å². The van der Waals surface area contributed by atoms with E-state index in [-0.39, 0.29) is 0 Å². The molecule has 1 heterocycles. The van der Waals surface area contributed by atoms with Gasteiger partial charge >= 0.3 is 0 Å². The highest BCUT2D eigenvalue weighted by molar-refractivity contribution is 9.09. The van der Waals surface area contributed by atoms with Crippen LogP contribution in [0.3, 0.4) is 0 Å². The topological polar surface area (TPSA) is 18.5 Å². The summed E-state index contributed by atoms with van der Waals surface area (Å²) in [6.45, 7) is 2.60. The molecule has 0 amide bonds. The van der Waals surface area contributed by atoms with Gasteiger partial charge in [-0.3, -0.25) is 0 Å². The summed E-state index contributed by atoms with van der Waals surface area (Å²) in [6.07, 6.45) is 5.12. The number of alkyl halides is 1. The summed E-state index contributed by atoms with van der Waals surface area (Å²) in [4.78, 5) is 0. The Morgan fingerprint density at radius 1 is 1.42 bits per heavy atom. The van der Waals surface area contributed by atoms with Crippen molar-refractivity contribution < 1.29 is 9.47 Å². The zero-order chi connectivity index (χ0) is 8.65. The zero-order valence-corrected chi connectivity index (χ0v) is 9.01. The lowest BCUT2D eigenvalue weighted by molar-refractivity contribution is 0.0165. The molecule has 1 rings (SSSR count). The number of hydrogen-bond acceptors (Lipinski definition) is 2. The number of rotatable bonds is 6. The van der Waals surface area contributed by atoms with Crippen LogP contribution in [0, 0.1) is 0 Å². The number of hydrogen-bond donors (Lipinski definition) is 0. The second kappa shape index (κ2) is 6.87. The molecule has 0 aromatic heterocycles. The predicted octanol–water partition coefficient (Wildman–Crippen LogP) is 2.36. The van der Waals surface area contributed by atoms with Gasteiger partial charge in [0.1, 0.15) is 0 Å². The van der Waals surface area contributed by atoms with E-state index in [1.165, 1.54) is 19.3 Å². The SMILES string of the molecule is BrCCCCOCC1CCCO1. The lowest BCUT2D eigenvalue weighted by atomic mass is 10.2. The van der Waals surface area contributed by atoms with E-state index in [1.54, 1.807) is 0 Å². The molecule has 1 aliphatic heterocycles. The fraction of sp³-hybridized carbons (Fsp3) is 1.00. The molecule has 0 aliphatic carbocycles. The standard InChI is InChI=1S/C9H17BrO2/c10-5-1-2-6-11-8-9-4-3-7-12-9/h9H,1-8H2. The first-order chi connectivity index (χ1) is 5.93. The maximum Gasteiger partial charge on any atom is 0.0809 e. The quantitative estimate of drug-likeness (QED) is 0.521. The monoisotopic (exact) mass is 236 g/mol. The molecule has 72 valence electrons. The molecular formula is C9H17BrO2.